The van der Waals surface area contributed by atoms with Crippen LogP contribution >= 0.6 is 0 Å². The van der Waals surface area contributed by atoms with Crippen molar-refractivity contribution in [1.29, 1.82) is 0 Å². The second-order valence-corrected chi connectivity index (χ2v) is 4.07. The van der Waals surface area contributed by atoms with Gasteiger partial charge >= 0.3 is 6.18 Å². The quantitative estimate of drug-likeness (QED) is 0.750. The molecule has 0 saturated carbocycles. The van der Waals surface area contributed by atoms with E-state index >= 15 is 0 Å². The zero-order valence-electron chi connectivity index (χ0n) is 9.51. The van der Waals surface area contributed by atoms with E-state index in [0.717, 1.165) is 5.56 Å². The largest absolute Gasteiger partial charge is 0.417 e. The van der Waals surface area contributed by atoms with Crippen molar-refractivity contribution in [2.45, 2.75) is 37.3 Å². The van der Waals surface area contributed by atoms with Crippen LogP contribution in [0.25, 0.3) is 0 Å². The van der Waals surface area contributed by atoms with E-state index in [2.05, 4.69) is 0 Å². The molecule has 6 heteroatoms. The highest BCUT2D eigenvalue weighted by molar-refractivity contribution is 5.14. The number of alkyl halides is 3. The fourth-order valence-electron chi connectivity index (χ4n) is 1.53. The molecule has 0 unspecified atom stereocenters. The first kappa shape index (κ1) is 14.9. The number of hydrogen-bond acceptors (Lipinski definition) is 3. The fourth-order valence-corrected chi connectivity index (χ4v) is 1.53. The Kier molecular flexibility index (Phi) is 5.13. The first-order valence-electron chi connectivity index (χ1n) is 5.47. The molecule has 0 radical (unpaired) electrons. The lowest BCUT2D eigenvalue weighted by molar-refractivity contribution is -0.241. The van der Waals surface area contributed by atoms with Gasteiger partial charge in [-0.3, -0.25) is 0 Å². The molecular weight excluding hydrogens is 249 g/mol. The van der Waals surface area contributed by atoms with Gasteiger partial charge in [0.15, 0.2) is 6.10 Å². The number of aryl methyl sites for hydroxylation is 1. The summed E-state index contributed by atoms with van der Waals surface area (Å²) in [6.07, 6.45) is -11.5. The molecule has 0 aromatic heterocycles. The van der Waals surface area contributed by atoms with E-state index in [1.807, 2.05) is 0 Å². The van der Waals surface area contributed by atoms with Gasteiger partial charge in [0.2, 0.25) is 0 Å². The molecule has 0 spiro atoms. The number of halogens is 3. The Labute approximate surface area is 103 Å². The lowest BCUT2D eigenvalue weighted by Gasteiger charge is -2.24. The minimum absolute atomic E-state index is 0.0572. The van der Waals surface area contributed by atoms with E-state index in [-0.39, 0.29) is 6.42 Å². The molecule has 1 aromatic rings. The predicted molar refractivity (Wildman–Crippen MR) is 58.8 cm³/mol. The number of hydrogen-bond donors (Lipinski definition) is 3. The van der Waals surface area contributed by atoms with Crippen LogP contribution in [0.15, 0.2) is 30.3 Å². The normalized spacial score (nSPS) is 17.2. The zero-order chi connectivity index (χ0) is 13.8. The average molecular weight is 264 g/mol. The molecule has 18 heavy (non-hydrogen) atoms. The van der Waals surface area contributed by atoms with E-state index in [0.29, 0.717) is 6.42 Å². The van der Waals surface area contributed by atoms with Gasteiger partial charge in [-0.25, -0.2) is 0 Å². The first-order valence-corrected chi connectivity index (χ1v) is 5.47. The summed E-state index contributed by atoms with van der Waals surface area (Å²) in [6.45, 7) is 0. The van der Waals surface area contributed by atoms with Crippen molar-refractivity contribution in [2.75, 3.05) is 0 Å². The monoisotopic (exact) mass is 264 g/mol. The van der Waals surface area contributed by atoms with Crippen molar-refractivity contribution in [3.8, 4) is 0 Å². The smallest absolute Gasteiger partial charge is 0.390 e. The molecule has 1 aromatic carbocycles. The Morgan fingerprint density at radius 2 is 1.56 bits per heavy atom. The molecule has 0 heterocycles. The van der Waals surface area contributed by atoms with Gasteiger partial charge < -0.3 is 15.3 Å². The second kappa shape index (κ2) is 6.17. The van der Waals surface area contributed by atoms with Crippen LogP contribution in [0.1, 0.15) is 12.0 Å². The van der Waals surface area contributed by atoms with Gasteiger partial charge in [-0.1, -0.05) is 30.3 Å². The Morgan fingerprint density at radius 3 is 2.06 bits per heavy atom. The lowest BCUT2D eigenvalue weighted by Crippen LogP contribution is -2.46. The summed E-state index contributed by atoms with van der Waals surface area (Å²) in [5.41, 5.74) is 0.838. The Balaban J connectivity index is 2.48. The molecule has 3 N–H and O–H groups in total. The van der Waals surface area contributed by atoms with Gasteiger partial charge in [-0.15, -0.1) is 0 Å². The third kappa shape index (κ3) is 4.29. The molecular formula is C12H15F3O3. The van der Waals surface area contributed by atoms with Gasteiger partial charge in [0.25, 0.3) is 0 Å². The van der Waals surface area contributed by atoms with Gasteiger partial charge in [-0.05, 0) is 18.4 Å². The van der Waals surface area contributed by atoms with Gasteiger partial charge in [0.1, 0.15) is 6.10 Å². The Morgan fingerprint density at radius 1 is 1.00 bits per heavy atom. The number of aliphatic hydroxyl groups is 3. The highest BCUT2D eigenvalue weighted by atomic mass is 19.4. The van der Waals surface area contributed by atoms with Gasteiger partial charge in [0.05, 0.1) is 6.10 Å². The zero-order valence-corrected chi connectivity index (χ0v) is 9.51. The van der Waals surface area contributed by atoms with Crippen LogP contribution in [0.5, 0.6) is 0 Å². The maximum Gasteiger partial charge on any atom is 0.417 e. The molecule has 3 nitrogen and oxygen atoms in total. The molecule has 0 aliphatic rings. The van der Waals surface area contributed by atoms with E-state index < -0.39 is 24.5 Å². The Hall–Kier alpha value is -1.11. The minimum atomic E-state index is -4.94. The Bertz CT molecular complexity index is 353. The standard InChI is InChI=1S/C12H15F3O3/c13-12(14,15)11(18)10(17)9(16)7-6-8-4-2-1-3-5-8/h1-5,9-11,16-18H,6-7H2/t9-,10+,11+/m0/s1. The molecule has 0 amide bonds. The van der Waals surface area contributed by atoms with Crippen LogP contribution in [-0.2, 0) is 6.42 Å². The molecule has 1 rings (SSSR count). The molecule has 0 fully saturated rings. The molecule has 0 aliphatic carbocycles. The second-order valence-electron chi connectivity index (χ2n) is 4.07. The summed E-state index contributed by atoms with van der Waals surface area (Å²) in [5.74, 6) is 0. The highest BCUT2D eigenvalue weighted by Gasteiger charge is 2.45. The summed E-state index contributed by atoms with van der Waals surface area (Å²) in [7, 11) is 0. The summed E-state index contributed by atoms with van der Waals surface area (Å²) < 4.78 is 36.3. The molecule has 0 aliphatic heterocycles. The van der Waals surface area contributed by atoms with Crippen molar-refractivity contribution in [3.63, 3.8) is 0 Å². The molecule has 3 atom stereocenters. The van der Waals surface area contributed by atoms with Crippen LogP contribution in [0.4, 0.5) is 13.2 Å². The topological polar surface area (TPSA) is 60.7 Å². The summed E-state index contributed by atoms with van der Waals surface area (Å²) in [6, 6.07) is 8.85. The van der Waals surface area contributed by atoms with E-state index in [9.17, 15) is 23.4 Å². The van der Waals surface area contributed by atoms with Crippen LogP contribution in [0, 0.1) is 0 Å². The third-order valence-electron chi connectivity index (χ3n) is 2.62. The predicted octanol–water partition coefficient (Wildman–Crippen LogP) is 1.26. The van der Waals surface area contributed by atoms with Crippen molar-refractivity contribution in [2.24, 2.45) is 0 Å². The van der Waals surface area contributed by atoms with Crippen LogP contribution in [-0.4, -0.2) is 39.8 Å². The molecule has 0 bridgehead atoms. The van der Waals surface area contributed by atoms with E-state index in [1.165, 1.54) is 0 Å². The SMILES string of the molecule is O[C@@H]([C@@H](O)C(F)(F)F)[C@@H](O)CCc1ccccc1. The van der Waals surface area contributed by atoms with Gasteiger partial charge in [0, 0.05) is 0 Å². The minimum Gasteiger partial charge on any atom is -0.390 e. The maximum absolute atomic E-state index is 12.1. The molecule has 102 valence electrons. The number of rotatable bonds is 5. The fraction of sp³-hybridized carbons (Fsp3) is 0.500. The lowest BCUT2D eigenvalue weighted by atomic mass is 10.0. The number of aliphatic hydroxyl groups excluding tert-OH is 3. The maximum atomic E-state index is 12.1. The van der Waals surface area contributed by atoms with Crippen LogP contribution < -0.4 is 0 Å². The van der Waals surface area contributed by atoms with Crippen molar-refractivity contribution in [3.05, 3.63) is 35.9 Å². The van der Waals surface area contributed by atoms with Crippen LogP contribution in [0.3, 0.4) is 0 Å². The molecule has 0 saturated heterocycles. The van der Waals surface area contributed by atoms with Crippen molar-refractivity contribution in [1.82, 2.24) is 0 Å². The van der Waals surface area contributed by atoms with Crippen LogP contribution in [0.2, 0.25) is 0 Å². The van der Waals surface area contributed by atoms with Crippen molar-refractivity contribution < 1.29 is 28.5 Å². The average Bonchev–Trinajstić information content (AvgIpc) is 2.34. The summed E-state index contributed by atoms with van der Waals surface area (Å²) in [4.78, 5) is 0. The summed E-state index contributed by atoms with van der Waals surface area (Å²) in [5, 5.41) is 27.4. The van der Waals surface area contributed by atoms with E-state index in [1.54, 1.807) is 30.3 Å². The van der Waals surface area contributed by atoms with E-state index in [4.69, 9.17) is 5.11 Å². The highest BCUT2D eigenvalue weighted by Crippen LogP contribution is 2.24. The first-order chi connectivity index (χ1) is 8.32. The van der Waals surface area contributed by atoms with Gasteiger partial charge in [-0.2, -0.15) is 13.2 Å². The summed E-state index contributed by atoms with van der Waals surface area (Å²) >= 11 is 0. The number of benzene rings is 1. The third-order valence-corrected chi connectivity index (χ3v) is 2.62. The van der Waals surface area contributed by atoms with Crippen molar-refractivity contribution >= 4 is 0 Å².